The lowest BCUT2D eigenvalue weighted by atomic mass is 10.1. The number of hydrogen-bond acceptors (Lipinski definition) is 7. The molecule has 0 saturated heterocycles. The molecule has 0 atom stereocenters. The Labute approximate surface area is 208 Å². The first-order valence-electron chi connectivity index (χ1n) is 11.7. The number of anilines is 1. The van der Waals surface area contributed by atoms with Crippen LogP contribution in [-0.4, -0.2) is 39.5 Å². The SMILES string of the molecule is CCn1c(CCc2ccccc2)nnc1SCC(=O)Nc1sc2c(c1C(=O)OC)CCCCC2. The first-order valence-corrected chi connectivity index (χ1v) is 13.5. The first kappa shape index (κ1) is 24.5. The highest BCUT2D eigenvalue weighted by atomic mass is 32.2. The van der Waals surface area contributed by atoms with Gasteiger partial charge >= 0.3 is 5.97 Å². The van der Waals surface area contributed by atoms with E-state index >= 15 is 0 Å². The van der Waals surface area contributed by atoms with Crippen molar-refractivity contribution in [1.29, 1.82) is 0 Å². The quantitative estimate of drug-likeness (QED) is 0.256. The van der Waals surface area contributed by atoms with Crippen molar-refractivity contribution in [3.05, 3.63) is 57.7 Å². The van der Waals surface area contributed by atoms with Crippen LogP contribution in [-0.2, 0) is 41.8 Å². The molecular weight excluding hydrogens is 468 g/mol. The number of rotatable bonds is 9. The molecule has 1 N–H and O–H groups in total. The Hall–Kier alpha value is -2.65. The van der Waals surface area contributed by atoms with E-state index in [1.54, 1.807) is 0 Å². The van der Waals surface area contributed by atoms with Crippen molar-refractivity contribution < 1.29 is 14.3 Å². The number of carbonyl (C=O) groups is 2. The minimum Gasteiger partial charge on any atom is -0.465 e. The van der Waals surface area contributed by atoms with Crippen molar-refractivity contribution in [2.24, 2.45) is 0 Å². The summed E-state index contributed by atoms with van der Waals surface area (Å²) in [5.74, 6) is 0.573. The second kappa shape index (κ2) is 11.7. The van der Waals surface area contributed by atoms with E-state index in [0.29, 0.717) is 10.6 Å². The number of carbonyl (C=O) groups excluding carboxylic acids is 2. The number of amides is 1. The summed E-state index contributed by atoms with van der Waals surface area (Å²) in [5.41, 5.74) is 2.84. The number of methoxy groups -OCH3 is 1. The van der Waals surface area contributed by atoms with Crippen LogP contribution in [0.1, 0.15) is 58.4 Å². The van der Waals surface area contributed by atoms with Gasteiger partial charge in [0.05, 0.1) is 18.4 Å². The van der Waals surface area contributed by atoms with Crippen LogP contribution in [0.15, 0.2) is 35.5 Å². The van der Waals surface area contributed by atoms with Crippen LogP contribution in [0.25, 0.3) is 0 Å². The summed E-state index contributed by atoms with van der Waals surface area (Å²) >= 11 is 2.88. The monoisotopic (exact) mass is 498 g/mol. The number of thioether (sulfide) groups is 1. The lowest BCUT2D eigenvalue weighted by molar-refractivity contribution is -0.113. The van der Waals surface area contributed by atoms with E-state index in [-0.39, 0.29) is 17.6 Å². The van der Waals surface area contributed by atoms with Gasteiger partial charge in [-0.25, -0.2) is 4.79 Å². The van der Waals surface area contributed by atoms with Gasteiger partial charge in [-0.15, -0.1) is 21.5 Å². The molecule has 1 aromatic carbocycles. The van der Waals surface area contributed by atoms with E-state index in [0.717, 1.165) is 68.0 Å². The van der Waals surface area contributed by atoms with E-state index in [4.69, 9.17) is 4.74 Å². The number of ether oxygens (including phenoxy) is 1. The van der Waals surface area contributed by atoms with Gasteiger partial charge in [-0.05, 0) is 50.2 Å². The van der Waals surface area contributed by atoms with Gasteiger partial charge in [0.25, 0.3) is 0 Å². The van der Waals surface area contributed by atoms with Gasteiger partial charge in [-0.1, -0.05) is 48.5 Å². The Bertz CT molecular complexity index is 1140. The minimum absolute atomic E-state index is 0.164. The molecule has 1 amide bonds. The third kappa shape index (κ3) is 5.70. The summed E-state index contributed by atoms with van der Waals surface area (Å²) in [6, 6.07) is 10.3. The molecule has 3 aromatic rings. The molecule has 1 aliphatic carbocycles. The summed E-state index contributed by atoms with van der Waals surface area (Å²) in [7, 11) is 1.39. The zero-order chi connectivity index (χ0) is 23.9. The Morgan fingerprint density at radius 1 is 1.12 bits per heavy atom. The van der Waals surface area contributed by atoms with Crippen LogP contribution in [0.5, 0.6) is 0 Å². The number of nitrogens with one attached hydrogen (secondary N) is 1. The first-order chi connectivity index (χ1) is 16.6. The van der Waals surface area contributed by atoms with Gasteiger partial charge in [0.1, 0.15) is 10.8 Å². The molecule has 1 aliphatic rings. The standard InChI is InChI=1S/C25H30N4O3S2/c1-3-29-20(15-14-17-10-6-4-7-11-17)27-28-25(29)33-16-21(30)26-23-22(24(31)32-2)18-12-8-5-9-13-19(18)34-23/h4,6-7,10-11H,3,5,8-9,12-16H2,1-2H3,(H,26,30). The molecular formula is C25H30N4O3S2. The fourth-order valence-corrected chi connectivity index (χ4v) is 6.39. The van der Waals surface area contributed by atoms with Crippen molar-refractivity contribution in [2.45, 2.75) is 63.6 Å². The number of aryl methyl sites for hydroxylation is 3. The maximum Gasteiger partial charge on any atom is 0.341 e. The summed E-state index contributed by atoms with van der Waals surface area (Å²) in [4.78, 5) is 26.5. The molecule has 2 heterocycles. The van der Waals surface area contributed by atoms with Gasteiger partial charge in [-0.2, -0.15) is 0 Å². The third-order valence-electron chi connectivity index (χ3n) is 5.99. The number of esters is 1. The Morgan fingerprint density at radius 2 is 1.91 bits per heavy atom. The highest BCUT2D eigenvalue weighted by Crippen LogP contribution is 2.38. The number of thiophene rings is 1. The van der Waals surface area contributed by atoms with Crippen LogP contribution in [0.3, 0.4) is 0 Å². The molecule has 0 bridgehead atoms. The largest absolute Gasteiger partial charge is 0.465 e. The lowest BCUT2D eigenvalue weighted by Crippen LogP contribution is -2.17. The maximum absolute atomic E-state index is 12.8. The van der Waals surface area contributed by atoms with Crippen LogP contribution >= 0.6 is 23.1 Å². The normalized spacial score (nSPS) is 13.2. The summed E-state index contributed by atoms with van der Waals surface area (Å²) < 4.78 is 7.09. The fourth-order valence-electron chi connectivity index (χ4n) is 4.27. The molecule has 34 heavy (non-hydrogen) atoms. The van der Waals surface area contributed by atoms with Crippen LogP contribution in [0.2, 0.25) is 0 Å². The topological polar surface area (TPSA) is 86.1 Å². The van der Waals surface area contributed by atoms with Crippen molar-refractivity contribution in [3.8, 4) is 0 Å². The lowest BCUT2D eigenvalue weighted by Gasteiger charge is -2.09. The van der Waals surface area contributed by atoms with E-state index in [9.17, 15) is 9.59 Å². The molecule has 0 aliphatic heterocycles. The zero-order valence-corrected chi connectivity index (χ0v) is 21.3. The molecule has 0 saturated carbocycles. The highest BCUT2D eigenvalue weighted by molar-refractivity contribution is 7.99. The van der Waals surface area contributed by atoms with Gasteiger partial charge in [0.15, 0.2) is 5.16 Å². The van der Waals surface area contributed by atoms with Gasteiger partial charge in [-0.3, -0.25) is 4.79 Å². The second-order valence-electron chi connectivity index (χ2n) is 8.23. The van der Waals surface area contributed by atoms with E-state index in [2.05, 4.69) is 39.1 Å². The number of nitrogens with zero attached hydrogens (tertiary/aromatic N) is 3. The van der Waals surface area contributed by atoms with Crippen molar-refractivity contribution >= 4 is 40.0 Å². The molecule has 7 nitrogen and oxygen atoms in total. The molecule has 4 rings (SSSR count). The summed E-state index contributed by atoms with van der Waals surface area (Å²) in [6.45, 7) is 2.80. The van der Waals surface area contributed by atoms with E-state index in [1.165, 1.54) is 40.6 Å². The van der Waals surface area contributed by atoms with Crippen molar-refractivity contribution in [3.63, 3.8) is 0 Å². The summed E-state index contributed by atoms with van der Waals surface area (Å²) in [6.07, 6.45) is 6.80. The van der Waals surface area contributed by atoms with Gasteiger partial charge in [0.2, 0.25) is 5.91 Å². The zero-order valence-electron chi connectivity index (χ0n) is 19.6. The van der Waals surface area contributed by atoms with Crippen LogP contribution in [0, 0.1) is 0 Å². The van der Waals surface area contributed by atoms with E-state index in [1.807, 2.05) is 18.2 Å². The molecule has 9 heteroatoms. The Morgan fingerprint density at radius 3 is 2.68 bits per heavy atom. The predicted octanol–water partition coefficient (Wildman–Crippen LogP) is 4.93. The predicted molar refractivity (Wildman–Crippen MR) is 136 cm³/mol. The van der Waals surface area contributed by atoms with Crippen LogP contribution in [0.4, 0.5) is 5.00 Å². The smallest absolute Gasteiger partial charge is 0.341 e. The molecule has 0 fully saturated rings. The number of benzene rings is 1. The van der Waals surface area contributed by atoms with E-state index < -0.39 is 0 Å². The minimum atomic E-state index is -0.379. The number of aromatic nitrogens is 3. The average molecular weight is 499 g/mol. The maximum atomic E-state index is 12.8. The third-order valence-corrected chi connectivity index (χ3v) is 8.16. The number of hydrogen-bond donors (Lipinski definition) is 1. The molecule has 0 radical (unpaired) electrons. The molecule has 2 aromatic heterocycles. The molecule has 0 spiro atoms. The fraction of sp³-hybridized carbons (Fsp3) is 0.440. The highest BCUT2D eigenvalue weighted by Gasteiger charge is 2.26. The van der Waals surface area contributed by atoms with Gasteiger partial charge < -0.3 is 14.6 Å². The average Bonchev–Trinajstić information content (AvgIpc) is 3.33. The Kier molecular flexibility index (Phi) is 8.39. The van der Waals surface area contributed by atoms with Crippen LogP contribution < -0.4 is 5.32 Å². The van der Waals surface area contributed by atoms with Crippen molar-refractivity contribution in [2.75, 3.05) is 18.2 Å². The van der Waals surface area contributed by atoms with Crippen molar-refractivity contribution in [1.82, 2.24) is 14.8 Å². The summed E-state index contributed by atoms with van der Waals surface area (Å²) in [5, 5.41) is 13.0. The molecule has 0 unspecified atom stereocenters. The Balaban J connectivity index is 1.41. The number of fused-ring (bicyclic) bond motifs is 1. The molecule has 180 valence electrons. The second-order valence-corrected chi connectivity index (χ2v) is 10.3. The van der Waals surface area contributed by atoms with Gasteiger partial charge in [0, 0.05) is 17.8 Å².